The van der Waals surface area contributed by atoms with E-state index < -0.39 is 0 Å². The van der Waals surface area contributed by atoms with Gasteiger partial charge in [-0.25, -0.2) is 5.32 Å². The van der Waals surface area contributed by atoms with Crippen LogP contribution < -0.4 is 10.6 Å². The molecule has 2 rings (SSSR count). The fraction of sp³-hybridized carbons (Fsp3) is 0.455. The van der Waals surface area contributed by atoms with Gasteiger partial charge in [0.05, 0.1) is 6.17 Å². The molecule has 0 aliphatic carbocycles. The summed E-state index contributed by atoms with van der Waals surface area (Å²) in [5, 5.41) is 7.93. The lowest BCUT2D eigenvalue weighted by atomic mass is 10.1. The summed E-state index contributed by atoms with van der Waals surface area (Å²) in [7, 11) is 0. The molecule has 1 radical (unpaired) electrons. The quantitative estimate of drug-likeness (QED) is 0.732. The van der Waals surface area contributed by atoms with E-state index in [9.17, 15) is 0 Å². The third-order valence-electron chi connectivity index (χ3n) is 2.34. The molecule has 1 aromatic rings. The molecule has 13 heavy (non-hydrogen) atoms. The van der Waals surface area contributed by atoms with Crippen LogP contribution in [0.25, 0.3) is 0 Å². The zero-order valence-electron chi connectivity index (χ0n) is 7.74. The summed E-state index contributed by atoms with van der Waals surface area (Å²) in [5.41, 5.74) is 1.18. The van der Waals surface area contributed by atoms with E-state index in [1.807, 2.05) is 18.2 Å². The number of nitrogens with zero attached hydrogens (tertiary/aromatic N) is 1. The van der Waals surface area contributed by atoms with Crippen LogP contribution in [-0.4, -0.2) is 12.7 Å². The minimum absolute atomic E-state index is 0.344. The smallest absolute Gasteiger partial charge is 0.0927 e. The van der Waals surface area contributed by atoms with Crippen LogP contribution in [0.15, 0.2) is 30.3 Å². The molecule has 2 nitrogen and oxygen atoms in total. The molecule has 0 aromatic heterocycles. The lowest BCUT2D eigenvalue weighted by Crippen LogP contribution is -2.34. The highest BCUT2D eigenvalue weighted by atomic mass is 15.1. The monoisotopic (exact) mass is 175 g/mol. The van der Waals surface area contributed by atoms with Crippen molar-refractivity contribution in [3.63, 3.8) is 0 Å². The van der Waals surface area contributed by atoms with Crippen molar-refractivity contribution < 1.29 is 0 Å². The molecule has 1 aromatic carbocycles. The molecule has 1 heterocycles. The summed E-state index contributed by atoms with van der Waals surface area (Å²) in [6, 6.07) is 10.3. The van der Waals surface area contributed by atoms with Crippen molar-refractivity contribution >= 4 is 5.69 Å². The van der Waals surface area contributed by atoms with E-state index in [1.165, 1.54) is 24.9 Å². The van der Waals surface area contributed by atoms with Gasteiger partial charge in [-0.2, -0.15) is 0 Å². The lowest BCUT2D eigenvalue weighted by Gasteiger charge is -2.23. The molecule has 1 N–H and O–H groups in total. The molecule has 2 heteroatoms. The lowest BCUT2D eigenvalue weighted by molar-refractivity contribution is 0.425. The van der Waals surface area contributed by atoms with E-state index >= 15 is 0 Å². The van der Waals surface area contributed by atoms with Crippen molar-refractivity contribution in [2.45, 2.75) is 25.4 Å². The van der Waals surface area contributed by atoms with Gasteiger partial charge in [0.1, 0.15) is 0 Å². The molecule has 1 saturated heterocycles. The summed E-state index contributed by atoms with van der Waals surface area (Å²) in [6.07, 6.45) is 4.08. The summed E-state index contributed by atoms with van der Waals surface area (Å²) < 4.78 is 0. The fourth-order valence-corrected chi connectivity index (χ4v) is 1.63. The fourth-order valence-electron chi connectivity index (χ4n) is 1.63. The first kappa shape index (κ1) is 8.57. The van der Waals surface area contributed by atoms with Crippen LogP contribution in [-0.2, 0) is 0 Å². The summed E-state index contributed by atoms with van der Waals surface area (Å²) in [6.45, 7) is 1.02. The Bertz CT molecular complexity index is 240. The maximum absolute atomic E-state index is 4.51. The van der Waals surface area contributed by atoms with Gasteiger partial charge < -0.3 is 5.32 Å². The van der Waals surface area contributed by atoms with Crippen molar-refractivity contribution in [3.05, 3.63) is 30.3 Å². The number of nitrogens with one attached hydrogen (secondary N) is 1. The topological polar surface area (TPSA) is 26.1 Å². The first-order valence-corrected chi connectivity index (χ1v) is 4.93. The molecule has 1 aliphatic heterocycles. The predicted molar refractivity (Wildman–Crippen MR) is 54.7 cm³/mol. The van der Waals surface area contributed by atoms with E-state index in [0.29, 0.717) is 6.17 Å². The Morgan fingerprint density at radius 2 is 2.00 bits per heavy atom. The Morgan fingerprint density at radius 1 is 1.15 bits per heavy atom. The maximum atomic E-state index is 4.51. The molecule has 0 bridgehead atoms. The Balaban J connectivity index is 1.90. The van der Waals surface area contributed by atoms with Gasteiger partial charge in [0.2, 0.25) is 0 Å². The maximum Gasteiger partial charge on any atom is 0.0927 e. The van der Waals surface area contributed by atoms with Gasteiger partial charge in [0, 0.05) is 12.2 Å². The second-order valence-corrected chi connectivity index (χ2v) is 3.43. The van der Waals surface area contributed by atoms with Gasteiger partial charge in [-0.05, 0) is 31.4 Å². The van der Waals surface area contributed by atoms with Crippen LogP contribution in [0.5, 0.6) is 0 Å². The third-order valence-corrected chi connectivity index (χ3v) is 2.34. The molecule has 0 saturated carbocycles. The van der Waals surface area contributed by atoms with E-state index in [2.05, 4.69) is 22.8 Å². The predicted octanol–water partition coefficient (Wildman–Crippen LogP) is 2.21. The largest absolute Gasteiger partial charge is 0.369 e. The highest BCUT2D eigenvalue weighted by Gasteiger charge is 2.12. The highest BCUT2D eigenvalue weighted by molar-refractivity contribution is 5.43. The summed E-state index contributed by atoms with van der Waals surface area (Å²) in [5.74, 6) is 0. The molecule has 1 aliphatic rings. The van der Waals surface area contributed by atoms with Crippen molar-refractivity contribution in [1.29, 1.82) is 0 Å². The van der Waals surface area contributed by atoms with E-state index in [0.717, 1.165) is 6.54 Å². The van der Waals surface area contributed by atoms with Crippen LogP contribution in [0, 0.1) is 0 Å². The molecule has 1 atom stereocenters. The number of hydrogen-bond acceptors (Lipinski definition) is 1. The van der Waals surface area contributed by atoms with Crippen LogP contribution in [0.1, 0.15) is 19.3 Å². The summed E-state index contributed by atoms with van der Waals surface area (Å²) >= 11 is 0. The second kappa shape index (κ2) is 4.28. The molecule has 0 spiro atoms. The van der Waals surface area contributed by atoms with Crippen molar-refractivity contribution in [2.24, 2.45) is 0 Å². The van der Waals surface area contributed by atoms with Gasteiger partial charge in [-0.1, -0.05) is 18.2 Å². The normalized spacial score (nSPS) is 22.6. The Kier molecular flexibility index (Phi) is 2.82. The first-order valence-electron chi connectivity index (χ1n) is 4.93. The molecule has 1 fully saturated rings. The number of rotatable bonds is 2. The van der Waals surface area contributed by atoms with Gasteiger partial charge in [0.15, 0.2) is 0 Å². The van der Waals surface area contributed by atoms with Crippen LogP contribution in [0.4, 0.5) is 5.69 Å². The number of piperidine rings is 1. The number of hydrogen-bond donors (Lipinski definition) is 1. The van der Waals surface area contributed by atoms with Gasteiger partial charge in [-0.3, -0.25) is 0 Å². The van der Waals surface area contributed by atoms with Crippen molar-refractivity contribution in [2.75, 3.05) is 11.9 Å². The van der Waals surface area contributed by atoms with Crippen LogP contribution in [0.3, 0.4) is 0 Å². The van der Waals surface area contributed by atoms with Gasteiger partial charge in [-0.15, -0.1) is 0 Å². The standard InChI is InChI=1S/C11H15N2/c1-2-6-10(7-3-1)13-11-8-4-5-9-12-11/h1-3,6-7,11,13H,4-5,8-9H2. The van der Waals surface area contributed by atoms with Crippen molar-refractivity contribution in [3.8, 4) is 0 Å². The van der Waals surface area contributed by atoms with Crippen LogP contribution >= 0.6 is 0 Å². The van der Waals surface area contributed by atoms with E-state index in [-0.39, 0.29) is 0 Å². The average Bonchev–Trinajstić information content (AvgIpc) is 2.21. The van der Waals surface area contributed by atoms with Gasteiger partial charge in [0.25, 0.3) is 0 Å². The highest BCUT2D eigenvalue weighted by Crippen LogP contribution is 2.13. The molecule has 0 amide bonds. The second-order valence-electron chi connectivity index (χ2n) is 3.43. The number of anilines is 1. The van der Waals surface area contributed by atoms with Crippen LogP contribution in [0.2, 0.25) is 0 Å². The van der Waals surface area contributed by atoms with E-state index in [1.54, 1.807) is 0 Å². The summed E-state index contributed by atoms with van der Waals surface area (Å²) in [4.78, 5) is 0. The Labute approximate surface area is 79.4 Å². The van der Waals surface area contributed by atoms with Gasteiger partial charge >= 0.3 is 0 Å². The molecule has 1 unspecified atom stereocenters. The Hall–Kier alpha value is -1.02. The average molecular weight is 175 g/mol. The Morgan fingerprint density at radius 3 is 2.69 bits per heavy atom. The minimum atomic E-state index is 0.344. The van der Waals surface area contributed by atoms with E-state index in [4.69, 9.17) is 0 Å². The molecular formula is C11H15N2. The SMILES string of the molecule is c1ccc(NC2CCCC[N]2)cc1. The third kappa shape index (κ3) is 2.46. The first-order chi connectivity index (χ1) is 6.45. The minimum Gasteiger partial charge on any atom is -0.369 e. The zero-order chi connectivity index (χ0) is 8.93. The number of para-hydroxylation sites is 1. The molecular weight excluding hydrogens is 160 g/mol. The number of benzene rings is 1. The van der Waals surface area contributed by atoms with Crippen molar-refractivity contribution in [1.82, 2.24) is 5.32 Å². The zero-order valence-corrected chi connectivity index (χ0v) is 7.74. The molecule has 69 valence electrons.